The van der Waals surface area contributed by atoms with E-state index in [2.05, 4.69) is 15.6 Å². The van der Waals surface area contributed by atoms with E-state index in [0.29, 0.717) is 42.3 Å². The molecule has 0 spiro atoms. The van der Waals surface area contributed by atoms with Gasteiger partial charge in [0.05, 0.1) is 0 Å². The number of benzene rings is 2. The van der Waals surface area contributed by atoms with Crippen LogP contribution in [0.4, 0.5) is 5.82 Å². The van der Waals surface area contributed by atoms with E-state index >= 15 is 0 Å². The summed E-state index contributed by atoms with van der Waals surface area (Å²) in [5.74, 6) is -0.441. The molecule has 34 heavy (non-hydrogen) atoms. The number of nitrogens with two attached hydrogens (primary N) is 1. The summed E-state index contributed by atoms with van der Waals surface area (Å²) < 4.78 is 0. The van der Waals surface area contributed by atoms with Gasteiger partial charge in [-0.25, -0.2) is 4.98 Å². The number of fused-ring (bicyclic) bond motifs is 1. The van der Waals surface area contributed by atoms with Crippen molar-refractivity contribution in [2.45, 2.75) is 38.4 Å². The molecule has 9 heteroatoms. The van der Waals surface area contributed by atoms with Crippen LogP contribution in [0.2, 0.25) is 5.02 Å². The number of likely N-dealkylation sites (tertiary alicyclic amines) is 1. The molecule has 4 N–H and O–H groups in total. The molecule has 2 aromatic carbocycles. The standard InChI is InChI=1S/C25H26ClN5O3/c1-15(32)30-22(18-4-2-5-19(26)13-18)25(34)31-11-3-6-21(31)24(33)29-14-16-7-8-20-17(12-16)9-10-28-23(20)27/h2,4-5,7-10,12-13,21-22H,3,6,11,14H2,1H3,(H2,27,28)(H,29,33)(H,30,32). The van der Waals surface area contributed by atoms with Crippen molar-refractivity contribution < 1.29 is 14.4 Å². The monoisotopic (exact) mass is 479 g/mol. The first-order chi connectivity index (χ1) is 16.3. The molecular weight excluding hydrogens is 454 g/mol. The van der Waals surface area contributed by atoms with Gasteiger partial charge in [-0.05, 0) is 53.6 Å². The first-order valence-corrected chi connectivity index (χ1v) is 11.4. The molecule has 1 fully saturated rings. The second kappa shape index (κ2) is 10.1. The number of carbonyl (C=O) groups excluding carboxylic acids is 3. The number of rotatable bonds is 6. The number of amides is 3. The Morgan fingerprint density at radius 1 is 1.21 bits per heavy atom. The Bertz CT molecular complexity index is 1250. The maximum atomic E-state index is 13.4. The zero-order chi connectivity index (χ0) is 24.2. The minimum absolute atomic E-state index is 0.229. The van der Waals surface area contributed by atoms with Crippen molar-refractivity contribution in [2.24, 2.45) is 0 Å². The van der Waals surface area contributed by atoms with Crippen molar-refractivity contribution in [1.29, 1.82) is 0 Å². The van der Waals surface area contributed by atoms with Crippen molar-refractivity contribution in [3.05, 3.63) is 70.9 Å². The molecule has 1 aliphatic heterocycles. The summed E-state index contributed by atoms with van der Waals surface area (Å²) in [6, 6.07) is 12.9. The van der Waals surface area contributed by atoms with E-state index in [1.165, 1.54) is 6.92 Å². The molecule has 2 heterocycles. The topological polar surface area (TPSA) is 117 Å². The normalized spacial score (nSPS) is 16.3. The highest BCUT2D eigenvalue weighted by Crippen LogP contribution is 2.26. The maximum absolute atomic E-state index is 13.4. The van der Waals surface area contributed by atoms with Crippen molar-refractivity contribution in [2.75, 3.05) is 12.3 Å². The van der Waals surface area contributed by atoms with Crippen LogP contribution in [0.15, 0.2) is 54.7 Å². The SMILES string of the molecule is CC(=O)NC(C(=O)N1CCCC1C(=O)NCc1ccc2c(N)nccc2c1)c1cccc(Cl)c1. The third kappa shape index (κ3) is 5.12. The van der Waals surface area contributed by atoms with Crippen molar-refractivity contribution in [1.82, 2.24) is 20.5 Å². The average molecular weight is 480 g/mol. The minimum Gasteiger partial charge on any atom is -0.383 e. The van der Waals surface area contributed by atoms with E-state index in [-0.39, 0.29) is 17.7 Å². The highest BCUT2D eigenvalue weighted by molar-refractivity contribution is 6.30. The summed E-state index contributed by atoms with van der Waals surface area (Å²) in [5.41, 5.74) is 7.39. The van der Waals surface area contributed by atoms with Crippen LogP contribution in [0, 0.1) is 0 Å². The van der Waals surface area contributed by atoms with Crippen LogP contribution in [0.3, 0.4) is 0 Å². The molecule has 4 rings (SSSR count). The molecule has 0 aliphatic carbocycles. The Morgan fingerprint density at radius 3 is 2.79 bits per heavy atom. The number of aromatic nitrogens is 1. The molecule has 1 aromatic heterocycles. The number of hydrogen-bond donors (Lipinski definition) is 3. The lowest BCUT2D eigenvalue weighted by atomic mass is 10.0. The average Bonchev–Trinajstić information content (AvgIpc) is 3.31. The van der Waals surface area contributed by atoms with Crippen molar-refractivity contribution in [3.63, 3.8) is 0 Å². The summed E-state index contributed by atoms with van der Waals surface area (Å²) in [6.45, 7) is 2.11. The van der Waals surface area contributed by atoms with Crippen molar-refractivity contribution >= 4 is 45.9 Å². The van der Waals surface area contributed by atoms with Crippen LogP contribution in [0.25, 0.3) is 10.8 Å². The van der Waals surface area contributed by atoms with Gasteiger partial charge in [0.2, 0.25) is 17.7 Å². The summed E-state index contributed by atoms with van der Waals surface area (Å²) in [5, 5.41) is 7.91. The molecule has 2 atom stereocenters. The Balaban J connectivity index is 1.47. The van der Waals surface area contributed by atoms with Gasteiger partial charge in [-0.2, -0.15) is 0 Å². The second-order valence-corrected chi connectivity index (χ2v) is 8.78. The van der Waals surface area contributed by atoms with Crippen molar-refractivity contribution in [3.8, 4) is 0 Å². The minimum atomic E-state index is -0.913. The molecule has 1 aliphatic rings. The zero-order valence-corrected chi connectivity index (χ0v) is 19.5. The van der Waals surface area contributed by atoms with Crippen LogP contribution in [-0.4, -0.2) is 40.2 Å². The molecule has 0 bridgehead atoms. The summed E-state index contributed by atoms with van der Waals surface area (Å²) in [4.78, 5) is 43.9. The van der Waals surface area contributed by atoms with Gasteiger partial charge in [-0.3, -0.25) is 14.4 Å². The Kier molecular flexibility index (Phi) is 6.98. The highest BCUT2D eigenvalue weighted by Gasteiger charge is 2.38. The zero-order valence-electron chi connectivity index (χ0n) is 18.8. The number of pyridine rings is 1. The number of hydrogen-bond acceptors (Lipinski definition) is 5. The van der Waals surface area contributed by atoms with Gasteiger partial charge < -0.3 is 21.3 Å². The molecule has 8 nitrogen and oxygen atoms in total. The van der Waals surface area contributed by atoms with E-state index in [9.17, 15) is 14.4 Å². The first-order valence-electron chi connectivity index (χ1n) is 11.1. The lowest BCUT2D eigenvalue weighted by Crippen LogP contribution is -2.49. The summed E-state index contributed by atoms with van der Waals surface area (Å²) in [6.07, 6.45) is 2.90. The van der Waals surface area contributed by atoms with E-state index in [1.807, 2.05) is 24.3 Å². The van der Waals surface area contributed by atoms with Gasteiger partial charge >= 0.3 is 0 Å². The smallest absolute Gasteiger partial charge is 0.250 e. The highest BCUT2D eigenvalue weighted by atomic mass is 35.5. The molecular formula is C25H26ClN5O3. The van der Waals surface area contributed by atoms with Gasteiger partial charge in [0, 0.05) is 36.6 Å². The number of nitrogen functional groups attached to an aromatic ring is 1. The van der Waals surface area contributed by atoms with E-state index in [4.69, 9.17) is 17.3 Å². The summed E-state index contributed by atoms with van der Waals surface area (Å²) >= 11 is 6.10. The lowest BCUT2D eigenvalue weighted by Gasteiger charge is -2.29. The maximum Gasteiger partial charge on any atom is 0.250 e. The molecule has 3 amide bonds. The van der Waals surface area contributed by atoms with Crippen LogP contribution < -0.4 is 16.4 Å². The number of nitrogens with zero attached hydrogens (tertiary/aromatic N) is 2. The van der Waals surface area contributed by atoms with Gasteiger partial charge in [0.15, 0.2) is 0 Å². The molecule has 1 saturated heterocycles. The predicted molar refractivity (Wildman–Crippen MR) is 131 cm³/mol. The number of carbonyl (C=O) groups is 3. The molecule has 2 unspecified atom stereocenters. The van der Waals surface area contributed by atoms with Gasteiger partial charge in [0.1, 0.15) is 17.9 Å². The fourth-order valence-corrected chi connectivity index (χ4v) is 4.51. The second-order valence-electron chi connectivity index (χ2n) is 8.35. The van der Waals surface area contributed by atoms with E-state index < -0.39 is 12.1 Å². The van der Waals surface area contributed by atoms with E-state index in [0.717, 1.165) is 16.3 Å². The third-order valence-corrected chi connectivity index (χ3v) is 6.18. The predicted octanol–water partition coefficient (Wildman–Crippen LogP) is 2.96. The molecule has 0 saturated carbocycles. The van der Waals surface area contributed by atoms with Gasteiger partial charge in [-0.15, -0.1) is 0 Å². The molecule has 176 valence electrons. The Hall–Kier alpha value is -3.65. The largest absolute Gasteiger partial charge is 0.383 e. The Labute approximate surface area is 202 Å². The molecule has 3 aromatic rings. The molecule has 0 radical (unpaired) electrons. The van der Waals surface area contributed by atoms with E-state index in [1.54, 1.807) is 35.4 Å². The van der Waals surface area contributed by atoms with Crippen LogP contribution in [0.1, 0.15) is 36.9 Å². The number of halogens is 1. The van der Waals surface area contributed by atoms with Crippen LogP contribution in [0.5, 0.6) is 0 Å². The third-order valence-electron chi connectivity index (χ3n) is 5.94. The quantitative estimate of drug-likeness (QED) is 0.502. The van der Waals surface area contributed by atoms with Gasteiger partial charge in [-0.1, -0.05) is 35.9 Å². The van der Waals surface area contributed by atoms with Crippen LogP contribution >= 0.6 is 11.6 Å². The van der Waals surface area contributed by atoms with Crippen LogP contribution in [-0.2, 0) is 20.9 Å². The number of nitrogens with one attached hydrogen (secondary N) is 2. The first kappa shape index (κ1) is 23.5. The fourth-order valence-electron chi connectivity index (χ4n) is 4.31. The summed E-state index contributed by atoms with van der Waals surface area (Å²) in [7, 11) is 0. The Morgan fingerprint density at radius 2 is 2.03 bits per heavy atom. The fraction of sp³-hybridized carbons (Fsp3) is 0.280. The lowest BCUT2D eigenvalue weighted by molar-refractivity contribution is -0.141. The number of anilines is 1. The van der Waals surface area contributed by atoms with Gasteiger partial charge in [0.25, 0.3) is 0 Å².